The van der Waals surface area contributed by atoms with Gasteiger partial charge in [-0.15, -0.1) is 0 Å². The van der Waals surface area contributed by atoms with Crippen LogP contribution in [0.15, 0.2) is 29.3 Å². The van der Waals surface area contributed by atoms with Gasteiger partial charge >= 0.3 is 127 Å². The normalized spacial score (nSPS) is 11.3. The molecule has 0 atom stereocenters. The molecule has 0 saturated heterocycles. The molecule has 0 bridgehead atoms. The fourth-order valence-corrected chi connectivity index (χ4v) is 6.41. The maximum atomic E-state index is 5.34. The molecule has 4 heteroatoms. The van der Waals surface area contributed by atoms with Gasteiger partial charge < -0.3 is 0 Å². The molecule has 1 aromatic carbocycles. The molecular formula is C15H25N3Sn. The molecule has 104 valence electrons. The van der Waals surface area contributed by atoms with Crippen LogP contribution in [0.1, 0.15) is 45.6 Å². The molecule has 0 aliphatic rings. The zero-order chi connectivity index (χ0) is 14.3. The average Bonchev–Trinajstić information content (AvgIpc) is 2.44. The molecule has 1 rings (SSSR count). The van der Waals surface area contributed by atoms with Crippen LogP contribution in [-0.2, 0) is 6.54 Å². The Hall–Kier alpha value is -0.711. The van der Waals surface area contributed by atoms with E-state index in [0.29, 0.717) is 9.98 Å². The van der Waals surface area contributed by atoms with Crippen molar-refractivity contribution in [2.75, 3.05) is 0 Å². The standard InChI is InChI=1S/C8H10N3.C7H15.Sn/c9-8(10)11-6-7-4-2-1-3-5-7;1-4-7(5-2)6-3;/h2-5H,6H2,(H4,9,10,11);4-6H2,1-3H3;. The van der Waals surface area contributed by atoms with E-state index in [1.807, 2.05) is 0 Å². The van der Waals surface area contributed by atoms with Crippen molar-refractivity contribution < 1.29 is 0 Å². The molecule has 0 aromatic heterocycles. The van der Waals surface area contributed by atoms with E-state index in [9.17, 15) is 0 Å². The molecule has 4 N–H and O–H groups in total. The Morgan fingerprint density at radius 2 is 1.58 bits per heavy atom. The molecule has 0 aliphatic heterocycles. The third-order valence-corrected chi connectivity index (χ3v) is 10.2. The molecule has 1 aromatic rings. The van der Waals surface area contributed by atoms with E-state index < -0.39 is 21.1 Å². The van der Waals surface area contributed by atoms with E-state index in [0.717, 1.165) is 0 Å². The Balaban J connectivity index is 2.73. The number of benzene rings is 1. The molecule has 3 nitrogen and oxygen atoms in total. The zero-order valence-corrected chi connectivity index (χ0v) is 15.1. The van der Waals surface area contributed by atoms with E-state index >= 15 is 0 Å². The minimum atomic E-state index is -0.546. The van der Waals surface area contributed by atoms with Crippen LogP contribution in [0.3, 0.4) is 0 Å². The van der Waals surface area contributed by atoms with E-state index in [4.69, 9.17) is 11.5 Å². The molecule has 0 amide bonds. The summed E-state index contributed by atoms with van der Waals surface area (Å²) in [4.78, 5) is 4.03. The predicted octanol–water partition coefficient (Wildman–Crippen LogP) is 2.18. The summed E-state index contributed by atoms with van der Waals surface area (Å²) in [6, 6.07) is 8.88. The third kappa shape index (κ3) is 5.05. The van der Waals surface area contributed by atoms with Crippen molar-refractivity contribution in [3.05, 3.63) is 29.8 Å². The molecule has 19 heavy (non-hydrogen) atoms. The first kappa shape index (κ1) is 16.3. The van der Waals surface area contributed by atoms with Crippen LogP contribution in [0, 0.1) is 0 Å². The summed E-state index contributed by atoms with van der Waals surface area (Å²) in [5, 5.41) is 0. The number of aliphatic imine (C=N–C) groups is 1. The summed E-state index contributed by atoms with van der Waals surface area (Å²) >= 11 is -0.546. The van der Waals surface area contributed by atoms with Crippen LogP contribution in [0.5, 0.6) is 0 Å². The summed E-state index contributed by atoms with van der Waals surface area (Å²) in [7, 11) is 0. The SMILES string of the molecule is CC[C](CC)(CC)[Sn][c]1ccc(CN=C(N)N)cc1. The van der Waals surface area contributed by atoms with Crippen molar-refractivity contribution in [1.29, 1.82) is 0 Å². The van der Waals surface area contributed by atoms with Crippen molar-refractivity contribution in [3.8, 4) is 0 Å². The number of rotatable bonds is 7. The monoisotopic (exact) mass is 367 g/mol. The van der Waals surface area contributed by atoms with Crippen molar-refractivity contribution in [2.45, 2.75) is 50.0 Å². The second-order valence-corrected chi connectivity index (χ2v) is 10.3. The van der Waals surface area contributed by atoms with Crippen LogP contribution < -0.4 is 15.0 Å². The van der Waals surface area contributed by atoms with Crippen LogP contribution >= 0.6 is 0 Å². The van der Waals surface area contributed by atoms with Crippen LogP contribution in [0.2, 0.25) is 3.43 Å². The van der Waals surface area contributed by atoms with Gasteiger partial charge in [-0.1, -0.05) is 0 Å². The van der Waals surface area contributed by atoms with E-state index in [1.165, 1.54) is 24.8 Å². The van der Waals surface area contributed by atoms with Gasteiger partial charge in [0.05, 0.1) is 0 Å². The number of nitrogens with two attached hydrogens (primary N) is 2. The summed E-state index contributed by atoms with van der Waals surface area (Å²) in [6.45, 7) is 7.58. The number of hydrogen-bond donors (Lipinski definition) is 2. The van der Waals surface area contributed by atoms with Gasteiger partial charge in [0.15, 0.2) is 0 Å². The van der Waals surface area contributed by atoms with E-state index in [-0.39, 0.29) is 5.96 Å². The van der Waals surface area contributed by atoms with Crippen molar-refractivity contribution in [2.24, 2.45) is 16.5 Å². The average molecular weight is 366 g/mol. The first-order valence-corrected chi connectivity index (χ1v) is 9.83. The molecule has 2 radical (unpaired) electrons. The molecule has 0 heterocycles. The number of guanidine groups is 1. The summed E-state index contributed by atoms with van der Waals surface area (Å²) in [5.74, 6) is 0.155. The van der Waals surface area contributed by atoms with E-state index in [2.05, 4.69) is 50.0 Å². The Bertz CT molecular complexity index is 396. The van der Waals surface area contributed by atoms with E-state index in [1.54, 1.807) is 3.58 Å². The van der Waals surface area contributed by atoms with Crippen molar-refractivity contribution >= 4 is 30.7 Å². The van der Waals surface area contributed by atoms with Gasteiger partial charge in [0.2, 0.25) is 0 Å². The Kier molecular flexibility index (Phi) is 6.69. The summed E-state index contributed by atoms with van der Waals surface area (Å²) < 4.78 is 2.19. The van der Waals surface area contributed by atoms with Gasteiger partial charge in [-0.2, -0.15) is 0 Å². The Morgan fingerprint density at radius 3 is 2.00 bits per heavy atom. The van der Waals surface area contributed by atoms with Gasteiger partial charge in [-0.3, -0.25) is 0 Å². The van der Waals surface area contributed by atoms with Crippen LogP contribution in [0.25, 0.3) is 0 Å². The van der Waals surface area contributed by atoms with Crippen molar-refractivity contribution in [3.63, 3.8) is 0 Å². The van der Waals surface area contributed by atoms with Crippen LogP contribution in [-0.4, -0.2) is 27.1 Å². The molecule has 0 aliphatic carbocycles. The minimum absolute atomic E-state index is 0.155. The zero-order valence-electron chi connectivity index (χ0n) is 12.2. The molecule has 0 fully saturated rings. The van der Waals surface area contributed by atoms with Crippen molar-refractivity contribution in [1.82, 2.24) is 0 Å². The molecule has 0 spiro atoms. The second kappa shape index (κ2) is 7.78. The molecule has 0 saturated carbocycles. The summed E-state index contributed by atoms with van der Waals surface area (Å²) in [6.07, 6.45) is 3.92. The first-order valence-electron chi connectivity index (χ1n) is 6.97. The van der Waals surface area contributed by atoms with Gasteiger partial charge in [0, 0.05) is 0 Å². The van der Waals surface area contributed by atoms with Crippen LogP contribution in [0.4, 0.5) is 0 Å². The number of nitrogens with zero attached hydrogens (tertiary/aromatic N) is 1. The van der Waals surface area contributed by atoms with Gasteiger partial charge in [-0.25, -0.2) is 0 Å². The van der Waals surface area contributed by atoms with Gasteiger partial charge in [0.25, 0.3) is 0 Å². The summed E-state index contributed by atoms with van der Waals surface area (Å²) in [5.41, 5.74) is 11.9. The fraction of sp³-hybridized carbons (Fsp3) is 0.533. The Labute approximate surface area is 127 Å². The first-order chi connectivity index (χ1) is 9.05. The van der Waals surface area contributed by atoms with Gasteiger partial charge in [0.1, 0.15) is 0 Å². The molecular weight excluding hydrogens is 341 g/mol. The van der Waals surface area contributed by atoms with Gasteiger partial charge in [-0.05, 0) is 0 Å². The predicted molar refractivity (Wildman–Crippen MR) is 84.9 cm³/mol. The maximum absolute atomic E-state index is 5.34. The molecule has 0 unspecified atom stereocenters. The third-order valence-electron chi connectivity index (χ3n) is 3.84. The Morgan fingerprint density at radius 1 is 1.05 bits per heavy atom. The number of hydrogen-bond acceptors (Lipinski definition) is 1. The fourth-order valence-electron chi connectivity index (χ4n) is 2.20. The quantitative estimate of drug-likeness (QED) is 0.442. The second-order valence-electron chi connectivity index (χ2n) is 4.90. The topological polar surface area (TPSA) is 64.4 Å².